The zero-order valence-electron chi connectivity index (χ0n) is 9.47. The number of rotatable bonds is 4. The zero-order valence-corrected chi connectivity index (χ0v) is 11.1. The van der Waals surface area contributed by atoms with Crippen LogP contribution >= 0.6 is 15.9 Å². The number of halogens is 1. The van der Waals surface area contributed by atoms with Gasteiger partial charge in [0.25, 0.3) is 0 Å². The molecule has 0 amide bonds. The zero-order chi connectivity index (χ0) is 11.4. The van der Waals surface area contributed by atoms with Crippen LogP contribution in [0.1, 0.15) is 24.5 Å². The molecular weight excluding hydrogens is 254 g/mol. The molecule has 0 bridgehead atoms. The van der Waals surface area contributed by atoms with E-state index >= 15 is 0 Å². The van der Waals surface area contributed by atoms with Gasteiger partial charge in [-0.3, -0.25) is 0 Å². The normalized spacial score (nSPS) is 12.6. The lowest BCUT2D eigenvalue weighted by Gasteiger charge is -2.15. The van der Waals surface area contributed by atoms with Gasteiger partial charge in [0.1, 0.15) is 0 Å². The van der Waals surface area contributed by atoms with Crippen molar-refractivity contribution in [2.45, 2.75) is 33.3 Å². The molecule has 0 spiro atoms. The first-order valence-corrected chi connectivity index (χ1v) is 6.02. The van der Waals surface area contributed by atoms with Crippen molar-refractivity contribution < 1.29 is 5.11 Å². The van der Waals surface area contributed by atoms with Gasteiger partial charge in [-0.05, 0) is 53.4 Å². The molecule has 1 aromatic carbocycles. The third-order valence-corrected chi connectivity index (χ3v) is 3.04. The highest BCUT2D eigenvalue weighted by Gasteiger charge is 2.06. The van der Waals surface area contributed by atoms with Crippen LogP contribution < -0.4 is 5.32 Å². The highest BCUT2D eigenvalue weighted by Crippen LogP contribution is 2.27. The minimum absolute atomic E-state index is 0.280. The minimum atomic E-state index is -0.280. The lowest BCUT2D eigenvalue weighted by Crippen LogP contribution is -2.18. The molecule has 84 valence electrons. The maximum absolute atomic E-state index is 9.48. The molecule has 0 aliphatic carbocycles. The third-order valence-electron chi connectivity index (χ3n) is 2.42. The highest BCUT2D eigenvalue weighted by molar-refractivity contribution is 9.10. The molecule has 2 N–H and O–H groups in total. The molecule has 1 aromatic rings. The van der Waals surface area contributed by atoms with E-state index in [1.54, 1.807) is 0 Å². The fourth-order valence-electron chi connectivity index (χ4n) is 1.50. The lowest BCUT2D eigenvalue weighted by molar-refractivity contribution is 0.183. The molecule has 0 aliphatic rings. The molecule has 0 aromatic heterocycles. The van der Waals surface area contributed by atoms with Crippen molar-refractivity contribution in [3.63, 3.8) is 0 Å². The summed E-state index contributed by atoms with van der Waals surface area (Å²) in [6.45, 7) is 6.71. The van der Waals surface area contributed by atoms with Crippen molar-refractivity contribution >= 4 is 21.6 Å². The van der Waals surface area contributed by atoms with E-state index in [4.69, 9.17) is 0 Å². The van der Waals surface area contributed by atoms with Gasteiger partial charge < -0.3 is 10.4 Å². The van der Waals surface area contributed by atoms with Gasteiger partial charge in [0, 0.05) is 11.0 Å². The topological polar surface area (TPSA) is 32.3 Å². The summed E-state index contributed by atoms with van der Waals surface area (Å²) in [6.07, 6.45) is 0.493. The maximum Gasteiger partial charge on any atom is 0.0709 e. The van der Waals surface area contributed by atoms with Gasteiger partial charge in [-0.25, -0.2) is 0 Å². The van der Waals surface area contributed by atoms with E-state index in [0.717, 1.165) is 16.6 Å². The van der Waals surface area contributed by atoms with Crippen LogP contribution in [0.2, 0.25) is 0 Å². The van der Waals surface area contributed by atoms with E-state index in [0.29, 0.717) is 6.54 Å². The Morgan fingerprint density at radius 1 is 1.40 bits per heavy atom. The lowest BCUT2D eigenvalue weighted by atomic mass is 10.1. The van der Waals surface area contributed by atoms with Crippen LogP contribution in [0.5, 0.6) is 0 Å². The number of benzene rings is 1. The van der Waals surface area contributed by atoms with E-state index in [9.17, 15) is 5.11 Å². The second-order valence-electron chi connectivity index (χ2n) is 3.88. The first kappa shape index (κ1) is 12.5. The average Bonchev–Trinajstić information content (AvgIpc) is 2.15. The Kier molecular flexibility index (Phi) is 4.61. The Labute approximate surface area is 99.8 Å². The predicted octanol–water partition coefficient (Wildman–Crippen LogP) is 3.25. The number of hydrogen-bond acceptors (Lipinski definition) is 2. The monoisotopic (exact) mass is 271 g/mol. The molecule has 0 radical (unpaired) electrons. The summed E-state index contributed by atoms with van der Waals surface area (Å²) in [7, 11) is 0. The highest BCUT2D eigenvalue weighted by atomic mass is 79.9. The van der Waals surface area contributed by atoms with Crippen molar-refractivity contribution in [1.29, 1.82) is 0 Å². The standard InChI is InChI=1S/C12H18BrNO/c1-4-10(15)7-14-12-9(3)5-8(2)6-11(12)13/h5-6,10,14-15H,4,7H2,1-3H3. The summed E-state index contributed by atoms with van der Waals surface area (Å²) in [6, 6.07) is 4.21. The van der Waals surface area contributed by atoms with E-state index < -0.39 is 0 Å². The first-order chi connectivity index (χ1) is 7.04. The molecule has 3 heteroatoms. The second kappa shape index (κ2) is 5.52. The van der Waals surface area contributed by atoms with Gasteiger partial charge in [-0.1, -0.05) is 13.0 Å². The Bertz CT molecular complexity index is 315. The number of aliphatic hydroxyl groups is 1. The molecule has 0 aliphatic heterocycles. The van der Waals surface area contributed by atoms with Gasteiger partial charge >= 0.3 is 0 Å². The summed E-state index contributed by atoms with van der Waals surface area (Å²) in [5, 5.41) is 12.7. The van der Waals surface area contributed by atoms with E-state index in [1.807, 2.05) is 6.92 Å². The van der Waals surface area contributed by atoms with Gasteiger partial charge in [-0.2, -0.15) is 0 Å². The predicted molar refractivity (Wildman–Crippen MR) is 68.4 cm³/mol. The Balaban J connectivity index is 2.77. The molecule has 0 saturated carbocycles. The van der Waals surface area contributed by atoms with Crippen LogP contribution in [0.4, 0.5) is 5.69 Å². The van der Waals surface area contributed by atoms with Crippen LogP contribution in [-0.4, -0.2) is 17.8 Å². The Morgan fingerprint density at radius 2 is 2.07 bits per heavy atom. The molecule has 1 atom stereocenters. The van der Waals surface area contributed by atoms with Crippen molar-refractivity contribution in [3.05, 3.63) is 27.7 Å². The van der Waals surface area contributed by atoms with E-state index in [2.05, 4.69) is 47.2 Å². The summed E-state index contributed by atoms with van der Waals surface area (Å²) >= 11 is 3.53. The van der Waals surface area contributed by atoms with Crippen LogP contribution in [0.3, 0.4) is 0 Å². The van der Waals surface area contributed by atoms with E-state index in [1.165, 1.54) is 11.1 Å². The molecule has 0 fully saturated rings. The van der Waals surface area contributed by atoms with Crippen LogP contribution in [0.15, 0.2) is 16.6 Å². The first-order valence-electron chi connectivity index (χ1n) is 5.23. The third kappa shape index (κ3) is 3.50. The second-order valence-corrected chi connectivity index (χ2v) is 4.74. The van der Waals surface area contributed by atoms with Gasteiger partial charge in [-0.15, -0.1) is 0 Å². The SMILES string of the molecule is CCC(O)CNc1c(C)cc(C)cc1Br. The van der Waals surface area contributed by atoms with Crippen molar-refractivity contribution in [2.24, 2.45) is 0 Å². The smallest absolute Gasteiger partial charge is 0.0709 e. The van der Waals surface area contributed by atoms with Crippen LogP contribution in [0.25, 0.3) is 0 Å². The molecule has 1 rings (SSSR count). The number of aryl methyl sites for hydroxylation is 2. The summed E-state index contributed by atoms with van der Waals surface area (Å²) in [5.74, 6) is 0. The maximum atomic E-state index is 9.48. The van der Waals surface area contributed by atoms with Crippen molar-refractivity contribution in [2.75, 3.05) is 11.9 Å². The molecule has 0 heterocycles. The van der Waals surface area contributed by atoms with Crippen molar-refractivity contribution in [1.82, 2.24) is 0 Å². The molecule has 2 nitrogen and oxygen atoms in total. The average molecular weight is 272 g/mol. The van der Waals surface area contributed by atoms with Gasteiger partial charge in [0.15, 0.2) is 0 Å². The van der Waals surface area contributed by atoms with Crippen LogP contribution in [-0.2, 0) is 0 Å². The number of nitrogens with one attached hydrogen (secondary N) is 1. The largest absolute Gasteiger partial charge is 0.391 e. The fourth-order valence-corrected chi connectivity index (χ4v) is 2.32. The summed E-state index contributed by atoms with van der Waals surface area (Å²) in [4.78, 5) is 0. The Morgan fingerprint density at radius 3 is 2.60 bits per heavy atom. The fraction of sp³-hybridized carbons (Fsp3) is 0.500. The molecule has 15 heavy (non-hydrogen) atoms. The van der Waals surface area contributed by atoms with Crippen LogP contribution in [0, 0.1) is 13.8 Å². The number of aliphatic hydroxyl groups excluding tert-OH is 1. The summed E-state index contributed by atoms with van der Waals surface area (Å²) < 4.78 is 1.06. The summed E-state index contributed by atoms with van der Waals surface area (Å²) in [5.41, 5.74) is 3.51. The van der Waals surface area contributed by atoms with Gasteiger partial charge in [0.2, 0.25) is 0 Å². The molecular formula is C12H18BrNO. The molecule has 1 unspecified atom stereocenters. The Hall–Kier alpha value is -0.540. The van der Waals surface area contributed by atoms with E-state index in [-0.39, 0.29) is 6.10 Å². The number of anilines is 1. The minimum Gasteiger partial charge on any atom is -0.391 e. The quantitative estimate of drug-likeness (QED) is 0.881. The van der Waals surface area contributed by atoms with Crippen molar-refractivity contribution in [3.8, 4) is 0 Å². The molecule has 0 saturated heterocycles. The number of hydrogen-bond donors (Lipinski definition) is 2. The van der Waals surface area contributed by atoms with Gasteiger partial charge in [0.05, 0.1) is 11.8 Å².